The summed E-state index contributed by atoms with van der Waals surface area (Å²) in [6.07, 6.45) is 3.95. The van der Waals surface area contributed by atoms with Gasteiger partial charge in [0.15, 0.2) is 5.82 Å². The molecule has 4 aromatic rings. The van der Waals surface area contributed by atoms with Crippen LogP contribution < -0.4 is 5.32 Å². The van der Waals surface area contributed by atoms with Crippen molar-refractivity contribution in [3.8, 4) is 5.82 Å². The van der Waals surface area contributed by atoms with Gasteiger partial charge in [0.1, 0.15) is 5.82 Å². The molecule has 0 spiro atoms. The quantitative estimate of drug-likeness (QED) is 0.558. The first-order valence-corrected chi connectivity index (χ1v) is 9.28. The highest BCUT2D eigenvalue weighted by Gasteiger charge is 2.11. The van der Waals surface area contributed by atoms with E-state index in [9.17, 15) is 0 Å². The van der Waals surface area contributed by atoms with Gasteiger partial charge in [-0.3, -0.25) is 4.68 Å². The van der Waals surface area contributed by atoms with E-state index in [1.54, 1.807) is 4.68 Å². The molecule has 4 rings (SSSR count). The van der Waals surface area contributed by atoms with Crippen LogP contribution in [0.3, 0.4) is 0 Å². The van der Waals surface area contributed by atoms with E-state index in [1.807, 2.05) is 61.1 Å². The number of nitrogens with zero attached hydrogens (tertiary/aromatic N) is 6. The zero-order chi connectivity index (χ0) is 19.5. The number of aromatic nitrogens is 6. The van der Waals surface area contributed by atoms with Crippen LogP contribution in [0.5, 0.6) is 0 Å². The van der Waals surface area contributed by atoms with E-state index in [1.165, 1.54) is 5.56 Å². The number of hydrogen-bond acceptors (Lipinski definition) is 5. The van der Waals surface area contributed by atoms with Gasteiger partial charge in [0, 0.05) is 17.5 Å². The Bertz CT molecular complexity index is 1050. The average Bonchev–Trinajstić information content (AvgIpc) is 3.29. The van der Waals surface area contributed by atoms with E-state index in [0.717, 1.165) is 23.5 Å². The van der Waals surface area contributed by atoms with Crippen LogP contribution in [0.2, 0.25) is 0 Å². The summed E-state index contributed by atoms with van der Waals surface area (Å²) in [6, 6.07) is 16.2. The largest absolute Gasteiger partial charge is 0.362 e. The van der Waals surface area contributed by atoms with E-state index in [4.69, 9.17) is 0 Å². The lowest BCUT2D eigenvalue weighted by Crippen LogP contribution is -2.10. The lowest BCUT2D eigenvalue weighted by molar-refractivity contribution is 0.685. The minimum atomic E-state index is 0.0679. The van der Waals surface area contributed by atoms with Gasteiger partial charge in [-0.15, -0.1) is 10.2 Å². The lowest BCUT2D eigenvalue weighted by atomic mass is 10.2. The van der Waals surface area contributed by atoms with Crippen LogP contribution in [-0.4, -0.2) is 29.8 Å². The van der Waals surface area contributed by atoms with Crippen molar-refractivity contribution in [3.63, 3.8) is 0 Å². The molecule has 1 unspecified atom stereocenters. The Labute approximate surface area is 164 Å². The molecule has 3 heterocycles. The Morgan fingerprint density at radius 1 is 1.04 bits per heavy atom. The minimum Gasteiger partial charge on any atom is -0.362 e. The van der Waals surface area contributed by atoms with Crippen molar-refractivity contribution in [2.45, 2.75) is 33.4 Å². The third-order valence-corrected chi connectivity index (χ3v) is 4.58. The predicted octanol–water partition coefficient (Wildman–Crippen LogP) is 3.70. The van der Waals surface area contributed by atoms with Crippen molar-refractivity contribution in [1.29, 1.82) is 0 Å². The van der Waals surface area contributed by atoms with E-state index < -0.39 is 0 Å². The highest BCUT2D eigenvalue weighted by molar-refractivity contribution is 5.39. The normalized spacial score (nSPS) is 12.1. The SMILES string of the molecule is Cc1cc(C)n(-c2ccc(NC(C)c3cnn(Cc4ccccc4)c3)nn2)n1. The summed E-state index contributed by atoms with van der Waals surface area (Å²) in [5.41, 5.74) is 4.32. The van der Waals surface area contributed by atoms with Gasteiger partial charge >= 0.3 is 0 Å². The molecule has 142 valence electrons. The molecule has 1 atom stereocenters. The molecule has 28 heavy (non-hydrogen) atoms. The van der Waals surface area contributed by atoms with Gasteiger partial charge in [0.2, 0.25) is 0 Å². The maximum absolute atomic E-state index is 4.47. The maximum Gasteiger partial charge on any atom is 0.176 e. The first-order valence-electron chi connectivity index (χ1n) is 9.28. The summed E-state index contributed by atoms with van der Waals surface area (Å²) in [4.78, 5) is 0. The molecule has 1 N–H and O–H groups in total. The standard InChI is InChI=1S/C21H23N7/c1-15-11-16(2)28(26-15)21-10-9-20(24-25-21)23-17(3)19-12-22-27(14-19)13-18-7-5-4-6-8-18/h4-12,14,17H,13H2,1-3H3,(H,23,24). The van der Waals surface area contributed by atoms with Crippen LogP contribution in [0.4, 0.5) is 5.82 Å². The van der Waals surface area contributed by atoms with Crippen molar-refractivity contribution >= 4 is 5.82 Å². The second-order valence-electron chi connectivity index (χ2n) is 6.94. The zero-order valence-corrected chi connectivity index (χ0v) is 16.2. The van der Waals surface area contributed by atoms with Gasteiger partial charge in [0.25, 0.3) is 0 Å². The maximum atomic E-state index is 4.47. The smallest absolute Gasteiger partial charge is 0.176 e. The van der Waals surface area contributed by atoms with Crippen LogP contribution in [0, 0.1) is 13.8 Å². The fraction of sp³-hybridized carbons (Fsp3) is 0.238. The van der Waals surface area contributed by atoms with Gasteiger partial charge in [0.05, 0.1) is 24.5 Å². The Morgan fingerprint density at radius 3 is 2.54 bits per heavy atom. The molecule has 0 fully saturated rings. The highest BCUT2D eigenvalue weighted by Crippen LogP contribution is 2.18. The molecule has 7 heteroatoms. The van der Waals surface area contributed by atoms with Gasteiger partial charge in [-0.05, 0) is 44.5 Å². The molecule has 0 aliphatic rings. The van der Waals surface area contributed by atoms with Crippen LogP contribution >= 0.6 is 0 Å². The molecule has 3 aromatic heterocycles. The molecule has 0 amide bonds. The number of benzene rings is 1. The third-order valence-electron chi connectivity index (χ3n) is 4.58. The molecule has 0 aliphatic carbocycles. The number of anilines is 1. The van der Waals surface area contributed by atoms with Gasteiger partial charge < -0.3 is 5.32 Å². The summed E-state index contributed by atoms with van der Waals surface area (Å²) in [6.45, 7) is 6.81. The number of aryl methyl sites for hydroxylation is 2. The second kappa shape index (κ2) is 7.64. The molecule has 0 saturated heterocycles. The van der Waals surface area contributed by atoms with Crippen molar-refractivity contribution in [1.82, 2.24) is 29.8 Å². The second-order valence-corrected chi connectivity index (χ2v) is 6.94. The third kappa shape index (κ3) is 3.93. The van der Waals surface area contributed by atoms with Gasteiger partial charge in [-0.25, -0.2) is 4.68 Å². The topological polar surface area (TPSA) is 73.5 Å². The Hall–Kier alpha value is -3.48. The Kier molecular flexibility index (Phi) is 4.89. The zero-order valence-electron chi connectivity index (χ0n) is 16.2. The molecule has 0 aliphatic heterocycles. The van der Waals surface area contributed by atoms with Crippen molar-refractivity contribution in [2.24, 2.45) is 0 Å². The van der Waals surface area contributed by atoms with E-state index >= 15 is 0 Å². The van der Waals surface area contributed by atoms with Crippen molar-refractivity contribution in [3.05, 3.63) is 83.4 Å². The van der Waals surface area contributed by atoms with Crippen molar-refractivity contribution < 1.29 is 0 Å². The first-order chi connectivity index (χ1) is 13.6. The molecule has 0 radical (unpaired) electrons. The van der Waals surface area contributed by atoms with Crippen LogP contribution in [0.1, 0.15) is 35.5 Å². The summed E-state index contributed by atoms with van der Waals surface area (Å²) in [5.74, 6) is 1.42. The minimum absolute atomic E-state index is 0.0679. The molecular formula is C21H23N7. The van der Waals surface area contributed by atoms with Crippen LogP contribution in [0.15, 0.2) is 60.9 Å². The first kappa shape index (κ1) is 17.9. The van der Waals surface area contributed by atoms with E-state index in [-0.39, 0.29) is 6.04 Å². The summed E-state index contributed by atoms with van der Waals surface area (Å²) in [7, 11) is 0. The summed E-state index contributed by atoms with van der Waals surface area (Å²) >= 11 is 0. The predicted molar refractivity (Wildman–Crippen MR) is 108 cm³/mol. The van der Waals surface area contributed by atoms with Crippen LogP contribution in [-0.2, 0) is 6.54 Å². The fourth-order valence-corrected chi connectivity index (χ4v) is 3.14. The van der Waals surface area contributed by atoms with Crippen LogP contribution in [0.25, 0.3) is 5.82 Å². The lowest BCUT2D eigenvalue weighted by Gasteiger charge is -2.12. The Morgan fingerprint density at radius 2 is 1.86 bits per heavy atom. The summed E-state index contributed by atoms with van der Waals surface area (Å²) in [5, 5.41) is 20.9. The molecule has 7 nitrogen and oxygen atoms in total. The van der Waals surface area contributed by atoms with Crippen molar-refractivity contribution in [2.75, 3.05) is 5.32 Å². The molecular weight excluding hydrogens is 350 g/mol. The fourth-order valence-electron chi connectivity index (χ4n) is 3.14. The monoisotopic (exact) mass is 373 g/mol. The highest BCUT2D eigenvalue weighted by atomic mass is 15.4. The number of nitrogens with one attached hydrogen (secondary N) is 1. The molecule has 0 saturated carbocycles. The van der Waals surface area contributed by atoms with Gasteiger partial charge in [-0.2, -0.15) is 10.2 Å². The average molecular weight is 373 g/mol. The summed E-state index contributed by atoms with van der Waals surface area (Å²) < 4.78 is 3.74. The molecule has 0 bridgehead atoms. The Balaban J connectivity index is 1.42. The molecule has 1 aromatic carbocycles. The van der Waals surface area contributed by atoms with Gasteiger partial charge in [-0.1, -0.05) is 30.3 Å². The van der Waals surface area contributed by atoms with E-state index in [2.05, 4.69) is 51.0 Å². The van der Waals surface area contributed by atoms with E-state index in [0.29, 0.717) is 11.6 Å². The number of rotatable bonds is 6. The number of hydrogen-bond donors (Lipinski definition) is 1.